The minimum atomic E-state index is 0.0493. The van der Waals surface area contributed by atoms with E-state index in [1.807, 2.05) is 42.3 Å². The maximum atomic E-state index is 12.7. The molecule has 3 rings (SSSR count). The third-order valence-electron chi connectivity index (χ3n) is 4.35. The van der Waals surface area contributed by atoms with Gasteiger partial charge in [0.2, 0.25) is 0 Å². The van der Waals surface area contributed by atoms with E-state index in [0.29, 0.717) is 11.6 Å². The van der Waals surface area contributed by atoms with Crippen molar-refractivity contribution in [3.63, 3.8) is 0 Å². The van der Waals surface area contributed by atoms with E-state index in [4.69, 9.17) is 0 Å². The van der Waals surface area contributed by atoms with Gasteiger partial charge in [0, 0.05) is 25.5 Å². The van der Waals surface area contributed by atoms with Crippen LogP contribution in [-0.4, -0.2) is 35.9 Å². The summed E-state index contributed by atoms with van der Waals surface area (Å²) in [4.78, 5) is 19.1. The maximum Gasteiger partial charge on any atom is 0.272 e. The zero-order valence-corrected chi connectivity index (χ0v) is 12.6. The molecule has 1 aliphatic rings. The Kier molecular flexibility index (Phi) is 3.78. The standard InChI is InChI=1S/C17H21N3O/c1-3-12-8-9-20(11-12)17(21)15-10-13-6-4-5-7-14(13)16(18-2)19-15/h4-7,10,12H,3,8-9,11H2,1-2H3,(H,18,19). The van der Waals surface area contributed by atoms with Crippen molar-refractivity contribution < 1.29 is 4.79 Å². The van der Waals surface area contributed by atoms with Crippen LogP contribution < -0.4 is 5.32 Å². The Morgan fingerprint density at radius 3 is 2.95 bits per heavy atom. The summed E-state index contributed by atoms with van der Waals surface area (Å²) in [6.45, 7) is 3.89. The molecular formula is C17H21N3O. The molecule has 1 N–H and O–H groups in total. The van der Waals surface area contributed by atoms with E-state index in [9.17, 15) is 4.79 Å². The molecule has 1 aromatic carbocycles. The summed E-state index contributed by atoms with van der Waals surface area (Å²) < 4.78 is 0. The van der Waals surface area contributed by atoms with Crippen LogP contribution in [0.4, 0.5) is 5.82 Å². The smallest absolute Gasteiger partial charge is 0.272 e. The molecule has 0 spiro atoms. The van der Waals surface area contributed by atoms with Crippen LogP contribution in [0.3, 0.4) is 0 Å². The molecule has 1 aromatic heterocycles. The molecular weight excluding hydrogens is 262 g/mol. The molecule has 1 unspecified atom stereocenters. The first-order chi connectivity index (χ1) is 10.2. The highest BCUT2D eigenvalue weighted by Crippen LogP contribution is 2.25. The normalized spacial score (nSPS) is 18.2. The lowest BCUT2D eigenvalue weighted by Crippen LogP contribution is -2.29. The lowest BCUT2D eigenvalue weighted by atomic mass is 10.1. The van der Waals surface area contributed by atoms with Gasteiger partial charge in [0.1, 0.15) is 11.5 Å². The van der Waals surface area contributed by atoms with Gasteiger partial charge in [-0.25, -0.2) is 4.98 Å². The van der Waals surface area contributed by atoms with Gasteiger partial charge in [0.05, 0.1) is 0 Å². The number of benzene rings is 1. The Balaban J connectivity index is 1.95. The first kappa shape index (κ1) is 13.9. The van der Waals surface area contributed by atoms with E-state index in [-0.39, 0.29) is 5.91 Å². The summed E-state index contributed by atoms with van der Waals surface area (Å²) >= 11 is 0. The number of amides is 1. The summed E-state index contributed by atoms with van der Waals surface area (Å²) in [5.41, 5.74) is 0.537. The van der Waals surface area contributed by atoms with Crippen LogP contribution in [0.15, 0.2) is 30.3 Å². The molecule has 1 atom stereocenters. The minimum Gasteiger partial charge on any atom is -0.373 e. The van der Waals surface area contributed by atoms with Crippen LogP contribution in [0.5, 0.6) is 0 Å². The molecule has 1 saturated heterocycles. The Hall–Kier alpha value is -2.10. The van der Waals surface area contributed by atoms with Gasteiger partial charge in [-0.3, -0.25) is 4.79 Å². The van der Waals surface area contributed by atoms with E-state index >= 15 is 0 Å². The van der Waals surface area contributed by atoms with E-state index in [1.165, 1.54) is 0 Å². The van der Waals surface area contributed by atoms with Gasteiger partial charge in [-0.05, 0) is 23.8 Å². The van der Waals surface area contributed by atoms with Crippen molar-refractivity contribution >= 4 is 22.5 Å². The zero-order chi connectivity index (χ0) is 14.8. The van der Waals surface area contributed by atoms with Crippen LogP contribution in [0, 0.1) is 5.92 Å². The predicted octanol–water partition coefficient (Wildman–Crippen LogP) is 3.15. The number of hydrogen-bond donors (Lipinski definition) is 1. The topological polar surface area (TPSA) is 45.2 Å². The Morgan fingerprint density at radius 2 is 2.24 bits per heavy atom. The van der Waals surface area contributed by atoms with E-state index in [0.717, 1.165) is 42.5 Å². The van der Waals surface area contributed by atoms with Crippen LogP contribution in [0.25, 0.3) is 10.8 Å². The monoisotopic (exact) mass is 283 g/mol. The number of carbonyl (C=O) groups excluding carboxylic acids is 1. The van der Waals surface area contributed by atoms with Gasteiger partial charge >= 0.3 is 0 Å². The van der Waals surface area contributed by atoms with Crippen molar-refractivity contribution in [3.05, 3.63) is 36.0 Å². The molecule has 21 heavy (non-hydrogen) atoms. The number of carbonyl (C=O) groups is 1. The van der Waals surface area contributed by atoms with Crippen LogP contribution >= 0.6 is 0 Å². The van der Waals surface area contributed by atoms with Gasteiger partial charge in [0.15, 0.2) is 0 Å². The summed E-state index contributed by atoms with van der Waals surface area (Å²) in [6, 6.07) is 9.91. The highest BCUT2D eigenvalue weighted by atomic mass is 16.2. The molecule has 2 heterocycles. The molecule has 1 fully saturated rings. The van der Waals surface area contributed by atoms with Gasteiger partial charge in [-0.1, -0.05) is 37.6 Å². The van der Waals surface area contributed by atoms with Crippen molar-refractivity contribution in [2.45, 2.75) is 19.8 Å². The van der Waals surface area contributed by atoms with Gasteiger partial charge < -0.3 is 10.2 Å². The molecule has 4 heteroatoms. The molecule has 0 radical (unpaired) electrons. The zero-order valence-electron chi connectivity index (χ0n) is 12.6. The van der Waals surface area contributed by atoms with Gasteiger partial charge in [-0.15, -0.1) is 0 Å². The lowest BCUT2D eigenvalue weighted by Gasteiger charge is -2.17. The fourth-order valence-electron chi connectivity index (χ4n) is 3.01. The predicted molar refractivity (Wildman–Crippen MR) is 85.6 cm³/mol. The molecule has 110 valence electrons. The molecule has 1 aliphatic heterocycles. The summed E-state index contributed by atoms with van der Waals surface area (Å²) in [7, 11) is 1.84. The third-order valence-corrected chi connectivity index (χ3v) is 4.35. The summed E-state index contributed by atoms with van der Waals surface area (Å²) in [6.07, 6.45) is 2.24. The number of fused-ring (bicyclic) bond motifs is 1. The molecule has 0 bridgehead atoms. The maximum absolute atomic E-state index is 12.7. The quantitative estimate of drug-likeness (QED) is 0.941. The molecule has 2 aromatic rings. The first-order valence-electron chi connectivity index (χ1n) is 7.59. The number of pyridine rings is 1. The molecule has 1 amide bonds. The van der Waals surface area contributed by atoms with E-state index in [2.05, 4.69) is 17.2 Å². The molecule has 0 saturated carbocycles. The van der Waals surface area contributed by atoms with Crippen molar-refractivity contribution in [2.24, 2.45) is 5.92 Å². The van der Waals surface area contributed by atoms with Crippen molar-refractivity contribution in [2.75, 3.05) is 25.5 Å². The highest BCUT2D eigenvalue weighted by molar-refractivity contribution is 6.00. The number of anilines is 1. The van der Waals surface area contributed by atoms with Gasteiger partial charge in [0.25, 0.3) is 5.91 Å². The lowest BCUT2D eigenvalue weighted by molar-refractivity contribution is 0.0781. The molecule has 4 nitrogen and oxygen atoms in total. The fraction of sp³-hybridized carbons (Fsp3) is 0.412. The Labute approximate surface area is 125 Å². The minimum absolute atomic E-state index is 0.0493. The first-order valence-corrected chi connectivity index (χ1v) is 7.59. The summed E-state index contributed by atoms with van der Waals surface area (Å²) in [5.74, 6) is 1.45. The average molecular weight is 283 g/mol. The summed E-state index contributed by atoms with van der Waals surface area (Å²) in [5, 5.41) is 5.19. The van der Waals surface area contributed by atoms with Gasteiger partial charge in [-0.2, -0.15) is 0 Å². The average Bonchev–Trinajstić information content (AvgIpc) is 3.02. The Morgan fingerprint density at radius 1 is 1.43 bits per heavy atom. The second kappa shape index (κ2) is 5.72. The SMILES string of the molecule is CCC1CCN(C(=O)c2cc3ccccc3c(NC)n2)C1. The van der Waals surface area contributed by atoms with Crippen molar-refractivity contribution in [1.29, 1.82) is 0 Å². The number of nitrogens with zero attached hydrogens (tertiary/aromatic N) is 2. The number of aromatic nitrogens is 1. The second-order valence-electron chi connectivity index (χ2n) is 5.64. The van der Waals surface area contributed by atoms with Crippen molar-refractivity contribution in [3.8, 4) is 0 Å². The van der Waals surface area contributed by atoms with Crippen LogP contribution in [0.2, 0.25) is 0 Å². The third kappa shape index (κ3) is 2.58. The number of nitrogens with one attached hydrogen (secondary N) is 1. The van der Waals surface area contributed by atoms with Crippen molar-refractivity contribution in [1.82, 2.24) is 9.88 Å². The highest BCUT2D eigenvalue weighted by Gasteiger charge is 2.26. The molecule has 0 aliphatic carbocycles. The van der Waals surface area contributed by atoms with E-state index in [1.54, 1.807) is 0 Å². The number of likely N-dealkylation sites (tertiary alicyclic amines) is 1. The number of rotatable bonds is 3. The van der Waals surface area contributed by atoms with E-state index < -0.39 is 0 Å². The number of hydrogen-bond acceptors (Lipinski definition) is 3. The van der Waals surface area contributed by atoms with Crippen LogP contribution in [0.1, 0.15) is 30.3 Å². The fourth-order valence-corrected chi connectivity index (χ4v) is 3.01. The Bertz CT molecular complexity index is 668. The second-order valence-corrected chi connectivity index (χ2v) is 5.64. The van der Waals surface area contributed by atoms with Crippen LogP contribution in [-0.2, 0) is 0 Å². The largest absolute Gasteiger partial charge is 0.373 e.